The molecule has 1 aliphatic heterocycles. The molecule has 0 spiro atoms. The molecular formula is C20H40IN5O2S. The minimum Gasteiger partial charge on any atom is -0.379 e. The zero-order valence-corrected chi connectivity index (χ0v) is 21.5. The molecule has 0 radical (unpaired) electrons. The lowest BCUT2D eigenvalue weighted by molar-refractivity contribution is -0.127. The highest BCUT2D eigenvalue weighted by atomic mass is 127. The van der Waals surface area contributed by atoms with Gasteiger partial charge in [-0.15, -0.1) is 24.0 Å². The summed E-state index contributed by atoms with van der Waals surface area (Å²) in [6.07, 6.45) is 8.56. The van der Waals surface area contributed by atoms with Crippen molar-refractivity contribution >= 4 is 47.6 Å². The topological polar surface area (TPSA) is 69.2 Å². The van der Waals surface area contributed by atoms with E-state index in [1.807, 2.05) is 0 Å². The van der Waals surface area contributed by atoms with Crippen molar-refractivity contribution in [2.24, 2.45) is 10.4 Å². The number of likely N-dealkylation sites (N-methyl/N-ethyl adjacent to an activating group) is 1. The number of hydrogen-bond donors (Lipinski definition) is 2. The molecular weight excluding hydrogens is 501 g/mol. The summed E-state index contributed by atoms with van der Waals surface area (Å²) in [7, 11) is 3.54. The minimum atomic E-state index is 0. The maximum Gasteiger partial charge on any atom is 0.243 e. The second kappa shape index (κ2) is 14.7. The van der Waals surface area contributed by atoms with E-state index in [9.17, 15) is 4.79 Å². The van der Waals surface area contributed by atoms with E-state index in [0.29, 0.717) is 0 Å². The number of rotatable bonds is 9. The van der Waals surface area contributed by atoms with Gasteiger partial charge in [-0.05, 0) is 19.1 Å². The molecule has 1 heterocycles. The van der Waals surface area contributed by atoms with Crippen LogP contribution in [0.3, 0.4) is 0 Å². The standard InChI is InChI=1S/C20H39N5O2S.HI/c1-24(2)18(26)15-22-19(21-9-14-28-3)23-16-20(7-5-4-6-8-20)17-25-10-12-27-13-11-25;/h4-17H2,1-3H3,(H2,21,22,23);1H. The van der Waals surface area contributed by atoms with E-state index in [1.165, 1.54) is 32.1 Å². The molecule has 170 valence electrons. The number of aliphatic imine (C=N–C) groups is 1. The molecule has 2 aliphatic rings. The van der Waals surface area contributed by atoms with Crippen LogP contribution in [0.4, 0.5) is 0 Å². The van der Waals surface area contributed by atoms with Crippen molar-refractivity contribution in [2.45, 2.75) is 32.1 Å². The fraction of sp³-hybridized carbons (Fsp3) is 0.900. The van der Waals surface area contributed by atoms with Gasteiger partial charge in [0.05, 0.1) is 13.2 Å². The van der Waals surface area contributed by atoms with Crippen LogP contribution in [0, 0.1) is 5.41 Å². The second-order valence-corrected chi connectivity index (χ2v) is 9.16. The SMILES string of the molecule is CSCCNC(=NCC(=O)N(C)C)NCC1(CN2CCOCC2)CCCCC1.I. The Morgan fingerprint density at radius 3 is 2.48 bits per heavy atom. The number of amides is 1. The summed E-state index contributed by atoms with van der Waals surface area (Å²) in [4.78, 5) is 20.6. The van der Waals surface area contributed by atoms with Gasteiger partial charge in [-0.3, -0.25) is 9.69 Å². The molecule has 0 aromatic heterocycles. The van der Waals surface area contributed by atoms with Gasteiger partial charge in [-0.25, -0.2) is 4.99 Å². The average Bonchev–Trinajstić information content (AvgIpc) is 2.71. The van der Waals surface area contributed by atoms with E-state index in [0.717, 1.165) is 57.6 Å². The zero-order chi connectivity index (χ0) is 20.2. The fourth-order valence-corrected chi connectivity index (χ4v) is 4.24. The molecule has 1 saturated heterocycles. The highest BCUT2D eigenvalue weighted by Gasteiger charge is 2.34. The number of halogens is 1. The first-order valence-electron chi connectivity index (χ1n) is 10.6. The minimum absolute atomic E-state index is 0. The second-order valence-electron chi connectivity index (χ2n) is 8.18. The summed E-state index contributed by atoms with van der Waals surface area (Å²) in [6.45, 7) is 6.82. The summed E-state index contributed by atoms with van der Waals surface area (Å²) in [5.41, 5.74) is 0.281. The predicted molar refractivity (Wildman–Crippen MR) is 134 cm³/mol. The van der Waals surface area contributed by atoms with Crippen molar-refractivity contribution in [3.8, 4) is 0 Å². The van der Waals surface area contributed by atoms with Gasteiger partial charge in [0.25, 0.3) is 0 Å². The van der Waals surface area contributed by atoms with Gasteiger partial charge >= 0.3 is 0 Å². The van der Waals surface area contributed by atoms with Crippen LogP contribution in [0.25, 0.3) is 0 Å². The first-order chi connectivity index (χ1) is 13.5. The molecule has 1 aliphatic carbocycles. The molecule has 0 unspecified atom stereocenters. The van der Waals surface area contributed by atoms with Crippen molar-refractivity contribution in [1.29, 1.82) is 0 Å². The van der Waals surface area contributed by atoms with Gasteiger partial charge in [0.15, 0.2) is 5.96 Å². The molecule has 0 atom stereocenters. The normalized spacial score (nSPS) is 19.9. The third kappa shape index (κ3) is 10.1. The van der Waals surface area contributed by atoms with Crippen LogP contribution in [0.5, 0.6) is 0 Å². The molecule has 0 aromatic carbocycles. The van der Waals surface area contributed by atoms with Crippen LogP contribution in [0.2, 0.25) is 0 Å². The van der Waals surface area contributed by atoms with E-state index in [1.54, 1.807) is 30.8 Å². The van der Waals surface area contributed by atoms with Gasteiger partial charge in [0.2, 0.25) is 5.91 Å². The predicted octanol–water partition coefficient (Wildman–Crippen LogP) is 1.87. The van der Waals surface area contributed by atoms with Gasteiger partial charge in [0.1, 0.15) is 6.54 Å². The maximum absolute atomic E-state index is 11.9. The highest BCUT2D eigenvalue weighted by Crippen LogP contribution is 2.36. The molecule has 1 amide bonds. The summed E-state index contributed by atoms with van der Waals surface area (Å²) < 4.78 is 5.52. The largest absolute Gasteiger partial charge is 0.379 e. The lowest BCUT2D eigenvalue weighted by atomic mass is 9.73. The monoisotopic (exact) mass is 541 g/mol. The number of carbonyl (C=O) groups excluding carboxylic acids is 1. The molecule has 1 saturated carbocycles. The van der Waals surface area contributed by atoms with Crippen LogP contribution < -0.4 is 10.6 Å². The van der Waals surface area contributed by atoms with Gasteiger partial charge < -0.3 is 20.3 Å². The smallest absolute Gasteiger partial charge is 0.243 e. The Bertz CT molecular complexity index is 495. The summed E-state index contributed by atoms with van der Waals surface area (Å²) in [5, 5.41) is 6.96. The van der Waals surface area contributed by atoms with Crippen molar-refractivity contribution in [3.05, 3.63) is 0 Å². The van der Waals surface area contributed by atoms with E-state index in [2.05, 4.69) is 26.8 Å². The number of ether oxygens (including phenoxy) is 1. The maximum atomic E-state index is 11.9. The molecule has 9 heteroatoms. The van der Waals surface area contributed by atoms with Crippen molar-refractivity contribution in [3.63, 3.8) is 0 Å². The average molecular weight is 542 g/mol. The number of carbonyl (C=O) groups is 1. The quantitative estimate of drug-likeness (QED) is 0.201. The van der Waals surface area contributed by atoms with Gasteiger partial charge in [-0.1, -0.05) is 19.3 Å². The fourth-order valence-electron chi connectivity index (χ4n) is 3.93. The number of hydrogen-bond acceptors (Lipinski definition) is 5. The van der Waals surface area contributed by atoms with E-state index < -0.39 is 0 Å². The first-order valence-corrected chi connectivity index (χ1v) is 12.0. The van der Waals surface area contributed by atoms with Crippen LogP contribution in [0.1, 0.15) is 32.1 Å². The zero-order valence-electron chi connectivity index (χ0n) is 18.4. The van der Waals surface area contributed by atoms with Crippen molar-refractivity contribution in [2.75, 3.05) is 78.6 Å². The Kier molecular flexibility index (Phi) is 13.6. The molecule has 7 nitrogen and oxygen atoms in total. The Morgan fingerprint density at radius 1 is 1.17 bits per heavy atom. The number of thioether (sulfide) groups is 1. The van der Waals surface area contributed by atoms with Crippen molar-refractivity contribution < 1.29 is 9.53 Å². The number of nitrogens with one attached hydrogen (secondary N) is 2. The highest BCUT2D eigenvalue weighted by molar-refractivity contribution is 14.0. The van der Waals surface area contributed by atoms with Crippen LogP contribution in [-0.4, -0.2) is 100 Å². The molecule has 2 fully saturated rings. The van der Waals surface area contributed by atoms with E-state index in [-0.39, 0.29) is 41.8 Å². The molecule has 0 bridgehead atoms. The lowest BCUT2D eigenvalue weighted by Crippen LogP contribution is -2.51. The van der Waals surface area contributed by atoms with E-state index in [4.69, 9.17) is 4.74 Å². The molecule has 29 heavy (non-hydrogen) atoms. The Balaban J connectivity index is 0.00000420. The summed E-state index contributed by atoms with van der Waals surface area (Å²) >= 11 is 1.80. The lowest BCUT2D eigenvalue weighted by Gasteiger charge is -2.42. The Hall–Kier alpha value is -0.260. The Labute approximate surface area is 198 Å². The van der Waals surface area contributed by atoms with Gasteiger partial charge in [0, 0.05) is 58.0 Å². The number of nitrogens with zero attached hydrogens (tertiary/aromatic N) is 3. The van der Waals surface area contributed by atoms with Crippen LogP contribution >= 0.6 is 35.7 Å². The molecule has 2 N–H and O–H groups in total. The van der Waals surface area contributed by atoms with Gasteiger partial charge in [-0.2, -0.15) is 11.8 Å². The molecule has 2 rings (SSSR count). The molecule has 0 aromatic rings. The van der Waals surface area contributed by atoms with Crippen LogP contribution in [-0.2, 0) is 9.53 Å². The first kappa shape index (κ1) is 26.8. The third-order valence-electron chi connectivity index (χ3n) is 5.68. The van der Waals surface area contributed by atoms with Crippen molar-refractivity contribution in [1.82, 2.24) is 20.4 Å². The number of morpholine rings is 1. The Morgan fingerprint density at radius 2 is 1.86 bits per heavy atom. The summed E-state index contributed by atoms with van der Waals surface area (Å²) in [6, 6.07) is 0. The summed E-state index contributed by atoms with van der Waals surface area (Å²) in [5.74, 6) is 1.80. The number of guanidine groups is 1. The third-order valence-corrected chi connectivity index (χ3v) is 6.29. The van der Waals surface area contributed by atoms with Crippen LogP contribution in [0.15, 0.2) is 4.99 Å². The van der Waals surface area contributed by atoms with E-state index >= 15 is 0 Å².